The highest BCUT2D eigenvalue weighted by Crippen LogP contribution is 2.32. The molecule has 128 valence electrons. The highest BCUT2D eigenvalue weighted by molar-refractivity contribution is 9.10. The molecule has 2 aromatic carbocycles. The van der Waals surface area contributed by atoms with E-state index in [4.69, 9.17) is 0 Å². The molecular weight excluding hydrogens is 400 g/mol. The quantitative estimate of drug-likeness (QED) is 0.698. The molecule has 4 nitrogen and oxygen atoms in total. The summed E-state index contributed by atoms with van der Waals surface area (Å²) in [5.74, 6) is -0.271. The summed E-state index contributed by atoms with van der Waals surface area (Å²) in [6, 6.07) is 13.5. The van der Waals surface area contributed by atoms with E-state index in [1.54, 1.807) is 6.08 Å². The third-order valence-corrected chi connectivity index (χ3v) is 5.45. The first-order valence-corrected chi connectivity index (χ1v) is 9.37. The molecule has 0 unspecified atom stereocenters. The van der Waals surface area contributed by atoms with Crippen molar-refractivity contribution in [3.63, 3.8) is 0 Å². The van der Waals surface area contributed by atoms with Crippen LogP contribution in [0.3, 0.4) is 0 Å². The maximum absolute atomic E-state index is 12.5. The Morgan fingerprint density at radius 2 is 1.92 bits per heavy atom. The number of thioether (sulfide) groups is 1. The molecular formula is C19H17BrN2O2S. The first-order valence-electron chi connectivity index (χ1n) is 7.77. The normalized spacial score (nSPS) is 16.0. The number of imide groups is 1. The predicted octanol–water partition coefficient (Wildman–Crippen LogP) is 5.17. The van der Waals surface area contributed by atoms with Crippen molar-refractivity contribution in [1.82, 2.24) is 4.90 Å². The van der Waals surface area contributed by atoms with Crippen LogP contribution in [-0.2, 0) is 4.79 Å². The van der Waals surface area contributed by atoms with Gasteiger partial charge in [0, 0.05) is 10.2 Å². The van der Waals surface area contributed by atoms with Gasteiger partial charge in [0.2, 0.25) is 0 Å². The lowest BCUT2D eigenvalue weighted by Gasteiger charge is -2.16. The molecule has 0 aliphatic carbocycles. The van der Waals surface area contributed by atoms with Crippen LogP contribution in [0.1, 0.15) is 16.7 Å². The molecule has 2 amide bonds. The summed E-state index contributed by atoms with van der Waals surface area (Å²) in [4.78, 5) is 26.4. The van der Waals surface area contributed by atoms with Crippen LogP contribution in [0.5, 0.6) is 0 Å². The van der Waals surface area contributed by atoms with Gasteiger partial charge in [0.15, 0.2) is 0 Å². The van der Waals surface area contributed by atoms with Gasteiger partial charge in [-0.1, -0.05) is 40.2 Å². The monoisotopic (exact) mass is 416 g/mol. The molecule has 0 atom stereocenters. The molecule has 0 radical (unpaired) electrons. The molecule has 1 aliphatic heterocycles. The zero-order valence-corrected chi connectivity index (χ0v) is 16.3. The molecule has 1 heterocycles. The summed E-state index contributed by atoms with van der Waals surface area (Å²) in [6.07, 6.45) is 1.74. The summed E-state index contributed by atoms with van der Waals surface area (Å²) in [5.41, 5.74) is 4.07. The van der Waals surface area contributed by atoms with E-state index < -0.39 is 0 Å². The molecule has 0 aromatic heterocycles. The summed E-state index contributed by atoms with van der Waals surface area (Å²) in [6.45, 7) is 4.20. The number of rotatable bonds is 4. The number of amides is 2. The van der Waals surface area contributed by atoms with Crippen LogP contribution < -0.4 is 5.32 Å². The molecule has 1 N–H and O–H groups in total. The number of anilines is 1. The molecule has 1 fully saturated rings. The van der Waals surface area contributed by atoms with Crippen molar-refractivity contribution < 1.29 is 9.59 Å². The van der Waals surface area contributed by atoms with Crippen molar-refractivity contribution in [3.05, 3.63) is 68.5 Å². The van der Waals surface area contributed by atoms with Crippen molar-refractivity contribution in [2.45, 2.75) is 13.8 Å². The summed E-state index contributed by atoms with van der Waals surface area (Å²) in [7, 11) is 0. The average Bonchev–Trinajstić information content (AvgIpc) is 2.83. The van der Waals surface area contributed by atoms with Crippen molar-refractivity contribution in [1.29, 1.82) is 0 Å². The van der Waals surface area contributed by atoms with Gasteiger partial charge in [-0.15, -0.1) is 0 Å². The number of carbonyl (C=O) groups excluding carboxylic acids is 2. The number of nitrogens with zero attached hydrogens (tertiary/aromatic N) is 1. The second kappa shape index (κ2) is 7.45. The molecule has 6 heteroatoms. The number of hydrogen-bond acceptors (Lipinski definition) is 4. The molecule has 0 bridgehead atoms. The fourth-order valence-corrected chi connectivity index (χ4v) is 3.75. The summed E-state index contributed by atoms with van der Waals surface area (Å²) >= 11 is 4.37. The summed E-state index contributed by atoms with van der Waals surface area (Å²) < 4.78 is 0.928. The first kappa shape index (κ1) is 17.8. The Morgan fingerprint density at radius 3 is 2.68 bits per heavy atom. The van der Waals surface area contributed by atoms with E-state index in [0.717, 1.165) is 38.6 Å². The highest BCUT2D eigenvalue weighted by atomic mass is 79.9. The van der Waals surface area contributed by atoms with Crippen molar-refractivity contribution in [2.75, 3.05) is 12.0 Å². The minimum atomic E-state index is -0.271. The second-order valence-electron chi connectivity index (χ2n) is 5.75. The van der Waals surface area contributed by atoms with Gasteiger partial charge in [-0.05, 0) is 66.6 Å². The maximum atomic E-state index is 12.5. The van der Waals surface area contributed by atoms with Gasteiger partial charge in [0.25, 0.3) is 11.1 Å². The number of benzene rings is 2. The van der Waals surface area contributed by atoms with E-state index >= 15 is 0 Å². The lowest BCUT2D eigenvalue weighted by molar-refractivity contribution is -0.122. The van der Waals surface area contributed by atoms with Crippen LogP contribution in [-0.4, -0.2) is 22.7 Å². The Labute approximate surface area is 159 Å². The standard InChI is InChI=1S/C19H17BrN2O2S/c1-12-5-3-8-16(13(12)2)21-11-22-18(23)17(25-19(22)24)10-14-6-4-7-15(20)9-14/h3-10,21H,11H2,1-2H3. The van der Waals surface area contributed by atoms with E-state index in [9.17, 15) is 9.59 Å². The van der Waals surface area contributed by atoms with Crippen molar-refractivity contribution >= 4 is 50.6 Å². The second-order valence-corrected chi connectivity index (χ2v) is 7.66. The maximum Gasteiger partial charge on any atom is 0.295 e. The smallest absolute Gasteiger partial charge is 0.295 e. The number of nitrogens with one attached hydrogen (secondary N) is 1. The zero-order chi connectivity index (χ0) is 18.0. The molecule has 2 aromatic rings. The third-order valence-electron chi connectivity index (χ3n) is 4.05. The molecule has 0 saturated carbocycles. The third kappa shape index (κ3) is 3.96. The SMILES string of the molecule is Cc1cccc(NCN2C(=O)SC(=Cc3cccc(Br)c3)C2=O)c1C. The van der Waals surface area contributed by atoms with Gasteiger partial charge in [0.1, 0.15) is 0 Å². The van der Waals surface area contributed by atoms with Gasteiger partial charge < -0.3 is 5.32 Å². The van der Waals surface area contributed by atoms with Gasteiger partial charge >= 0.3 is 0 Å². The number of carbonyl (C=O) groups is 2. The van der Waals surface area contributed by atoms with E-state index in [2.05, 4.69) is 21.2 Å². The van der Waals surface area contributed by atoms with E-state index in [-0.39, 0.29) is 17.8 Å². The van der Waals surface area contributed by atoms with Crippen LogP contribution in [0.25, 0.3) is 6.08 Å². The largest absolute Gasteiger partial charge is 0.367 e. The molecule has 1 aliphatic rings. The lowest BCUT2D eigenvalue weighted by atomic mass is 10.1. The topological polar surface area (TPSA) is 49.4 Å². The highest BCUT2D eigenvalue weighted by Gasteiger charge is 2.34. The van der Waals surface area contributed by atoms with Crippen LogP contribution in [0.2, 0.25) is 0 Å². The Hall–Kier alpha value is -2.05. The van der Waals surface area contributed by atoms with Crippen LogP contribution in [0, 0.1) is 13.8 Å². The molecule has 3 rings (SSSR count). The Bertz CT molecular complexity index is 879. The first-order chi connectivity index (χ1) is 12.0. The zero-order valence-electron chi connectivity index (χ0n) is 13.9. The number of aryl methyl sites for hydroxylation is 1. The minimum absolute atomic E-state index is 0.158. The van der Waals surface area contributed by atoms with Gasteiger partial charge in [-0.3, -0.25) is 14.5 Å². The van der Waals surface area contributed by atoms with Crippen molar-refractivity contribution in [3.8, 4) is 0 Å². The van der Waals surface area contributed by atoms with E-state index in [1.165, 1.54) is 4.90 Å². The minimum Gasteiger partial charge on any atom is -0.367 e. The van der Waals surface area contributed by atoms with Gasteiger partial charge in [-0.2, -0.15) is 0 Å². The van der Waals surface area contributed by atoms with E-state index in [1.807, 2.05) is 56.3 Å². The number of halogens is 1. The lowest BCUT2D eigenvalue weighted by Crippen LogP contribution is -2.33. The Balaban J connectivity index is 1.74. The Morgan fingerprint density at radius 1 is 1.16 bits per heavy atom. The van der Waals surface area contributed by atoms with E-state index in [0.29, 0.717) is 4.91 Å². The number of hydrogen-bond donors (Lipinski definition) is 1. The van der Waals surface area contributed by atoms with Crippen LogP contribution in [0.4, 0.5) is 10.5 Å². The fourth-order valence-electron chi connectivity index (χ4n) is 2.49. The average molecular weight is 417 g/mol. The van der Waals surface area contributed by atoms with Crippen molar-refractivity contribution in [2.24, 2.45) is 0 Å². The Kier molecular flexibility index (Phi) is 5.30. The molecule has 0 spiro atoms. The fraction of sp³-hybridized carbons (Fsp3) is 0.158. The predicted molar refractivity (Wildman–Crippen MR) is 106 cm³/mol. The molecule has 1 saturated heterocycles. The summed E-state index contributed by atoms with van der Waals surface area (Å²) in [5, 5.41) is 2.93. The molecule has 25 heavy (non-hydrogen) atoms. The van der Waals surface area contributed by atoms with Gasteiger partial charge in [-0.25, -0.2) is 0 Å². The van der Waals surface area contributed by atoms with Gasteiger partial charge in [0.05, 0.1) is 11.6 Å². The van der Waals surface area contributed by atoms with Crippen LogP contribution >= 0.6 is 27.7 Å². The van der Waals surface area contributed by atoms with Crippen LogP contribution in [0.15, 0.2) is 51.8 Å².